The van der Waals surface area contributed by atoms with Crippen LogP contribution in [0.1, 0.15) is 41.6 Å². The molecule has 0 aromatic heterocycles. The van der Waals surface area contributed by atoms with Gasteiger partial charge in [-0.25, -0.2) is 0 Å². The fourth-order valence-electron chi connectivity index (χ4n) is 3.88. The Kier molecular flexibility index (Phi) is 4.88. The first-order valence-electron chi connectivity index (χ1n) is 9.40. The SMILES string of the molecule is O=C(c1ccc(C=C2CCN(C3=CCOC3)CC2)cc1)N1CCCC1. The third-order valence-corrected chi connectivity index (χ3v) is 5.42. The van der Waals surface area contributed by atoms with Gasteiger partial charge in [-0.1, -0.05) is 23.8 Å². The molecule has 4 nitrogen and oxygen atoms in total. The summed E-state index contributed by atoms with van der Waals surface area (Å²) < 4.78 is 5.42. The summed E-state index contributed by atoms with van der Waals surface area (Å²) in [5, 5.41) is 0. The maximum absolute atomic E-state index is 12.4. The van der Waals surface area contributed by atoms with Crippen LogP contribution in [0.25, 0.3) is 6.08 Å². The van der Waals surface area contributed by atoms with Gasteiger partial charge in [0.1, 0.15) is 0 Å². The highest BCUT2D eigenvalue weighted by Gasteiger charge is 2.20. The number of nitrogens with zero attached hydrogens (tertiary/aromatic N) is 2. The van der Waals surface area contributed by atoms with Crippen molar-refractivity contribution in [2.75, 3.05) is 39.4 Å². The Morgan fingerprint density at radius 3 is 2.36 bits per heavy atom. The number of hydrogen-bond acceptors (Lipinski definition) is 3. The van der Waals surface area contributed by atoms with Gasteiger partial charge in [-0.3, -0.25) is 4.79 Å². The Morgan fingerprint density at radius 1 is 1.00 bits per heavy atom. The molecule has 0 radical (unpaired) electrons. The standard InChI is InChI=1S/C21H26N2O2/c24-21(23-10-1-2-11-23)19-5-3-17(4-6-19)15-18-7-12-22(13-8-18)20-9-14-25-16-20/h3-6,9,15H,1-2,7-8,10-14,16H2. The molecular formula is C21H26N2O2. The molecule has 0 atom stereocenters. The molecule has 1 amide bonds. The van der Waals surface area contributed by atoms with Crippen molar-refractivity contribution >= 4 is 12.0 Å². The number of amides is 1. The molecule has 1 aromatic carbocycles. The van der Waals surface area contributed by atoms with Crippen LogP contribution in [-0.2, 0) is 4.74 Å². The van der Waals surface area contributed by atoms with Crippen LogP contribution >= 0.6 is 0 Å². The van der Waals surface area contributed by atoms with Gasteiger partial charge in [0, 0.05) is 37.4 Å². The van der Waals surface area contributed by atoms with E-state index >= 15 is 0 Å². The van der Waals surface area contributed by atoms with Crippen LogP contribution in [0.4, 0.5) is 0 Å². The molecule has 2 saturated heterocycles. The number of likely N-dealkylation sites (tertiary alicyclic amines) is 2. The Bertz CT molecular complexity index is 674. The van der Waals surface area contributed by atoms with Gasteiger partial charge in [-0.2, -0.15) is 0 Å². The lowest BCUT2D eigenvalue weighted by Gasteiger charge is -2.31. The van der Waals surface area contributed by atoms with E-state index in [9.17, 15) is 4.79 Å². The molecule has 2 fully saturated rings. The first-order valence-corrected chi connectivity index (χ1v) is 9.40. The van der Waals surface area contributed by atoms with Gasteiger partial charge >= 0.3 is 0 Å². The van der Waals surface area contributed by atoms with Crippen molar-refractivity contribution in [3.05, 3.63) is 52.7 Å². The summed E-state index contributed by atoms with van der Waals surface area (Å²) in [6.07, 6.45) is 8.97. The normalized spacial score (nSPS) is 20.8. The lowest BCUT2D eigenvalue weighted by molar-refractivity contribution is 0.0793. The van der Waals surface area contributed by atoms with Gasteiger partial charge in [-0.05, 0) is 49.5 Å². The summed E-state index contributed by atoms with van der Waals surface area (Å²) >= 11 is 0. The average molecular weight is 338 g/mol. The molecule has 0 unspecified atom stereocenters. The van der Waals surface area contributed by atoms with Crippen molar-refractivity contribution in [1.82, 2.24) is 9.80 Å². The highest BCUT2D eigenvalue weighted by molar-refractivity contribution is 5.94. The van der Waals surface area contributed by atoms with Gasteiger partial charge in [0.2, 0.25) is 0 Å². The smallest absolute Gasteiger partial charge is 0.253 e. The van der Waals surface area contributed by atoms with Crippen molar-refractivity contribution in [2.24, 2.45) is 0 Å². The van der Waals surface area contributed by atoms with Crippen LogP contribution in [0.2, 0.25) is 0 Å². The van der Waals surface area contributed by atoms with Crippen molar-refractivity contribution in [1.29, 1.82) is 0 Å². The Balaban J connectivity index is 1.36. The van der Waals surface area contributed by atoms with E-state index in [4.69, 9.17) is 4.74 Å². The highest BCUT2D eigenvalue weighted by atomic mass is 16.5. The van der Waals surface area contributed by atoms with E-state index in [1.807, 2.05) is 17.0 Å². The lowest BCUT2D eigenvalue weighted by atomic mass is 10.00. The third kappa shape index (κ3) is 3.79. The Hall–Kier alpha value is -2.07. The molecule has 0 aliphatic carbocycles. The van der Waals surface area contributed by atoms with Gasteiger partial charge < -0.3 is 14.5 Å². The zero-order valence-corrected chi connectivity index (χ0v) is 14.7. The molecule has 1 aromatic rings. The first kappa shape index (κ1) is 16.4. The maximum atomic E-state index is 12.4. The fraction of sp³-hybridized carbons (Fsp3) is 0.476. The van der Waals surface area contributed by atoms with Gasteiger partial charge in [-0.15, -0.1) is 0 Å². The van der Waals surface area contributed by atoms with E-state index in [-0.39, 0.29) is 5.91 Å². The molecule has 4 heteroatoms. The van der Waals surface area contributed by atoms with Crippen LogP contribution < -0.4 is 0 Å². The van der Waals surface area contributed by atoms with E-state index in [2.05, 4.69) is 29.2 Å². The summed E-state index contributed by atoms with van der Waals surface area (Å²) in [5.74, 6) is 0.178. The van der Waals surface area contributed by atoms with Gasteiger partial charge in [0.25, 0.3) is 5.91 Å². The second kappa shape index (κ2) is 7.44. The zero-order valence-electron chi connectivity index (χ0n) is 14.7. The minimum Gasteiger partial charge on any atom is -0.372 e. The molecule has 0 spiro atoms. The summed E-state index contributed by atoms with van der Waals surface area (Å²) in [6.45, 7) is 5.49. The van der Waals surface area contributed by atoms with Crippen LogP contribution in [0.5, 0.6) is 0 Å². The monoisotopic (exact) mass is 338 g/mol. The molecule has 0 bridgehead atoms. The highest BCUT2D eigenvalue weighted by Crippen LogP contribution is 2.24. The summed E-state index contributed by atoms with van der Waals surface area (Å²) in [6, 6.07) is 8.11. The number of carbonyl (C=O) groups is 1. The number of carbonyl (C=O) groups excluding carboxylic acids is 1. The van der Waals surface area contributed by atoms with Gasteiger partial charge in [0.15, 0.2) is 0 Å². The fourth-order valence-corrected chi connectivity index (χ4v) is 3.88. The molecule has 25 heavy (non-hydrogen) atoms. The lowest BCUT2D eigenvalue weighted by Crippen LogP contribution is -2.30. The number of rotatable bonds is 3. The Morgan fingerprint density at radius 2 is 1.72 bits per heavy atom. The average Bonchev–Trinajstić information content (AvgIpc) is 3.36. The minimum atomic E-state index is 0.178. The van der Waals surface area contributed by atoms with E-state index < -0.39 is 0 Å². The van der Waals surface area contributed by atoms with Crippen LogP contribution in [0.15, 0.2) is 41.6 Å². The number of ether oxygens (including phenoxy) is 1. The number of benzene rings is 1. The summed E-state index contributed by atoms with van der Waals surface area (Å²) in [5.41, 5.74) is 4.86. The molecule has 4 rings (SSSR count). The molecule has 0 saturated carbocycles. The predicted octanol–water partition coefficient (Wildman–Crippen LogP) is 3.32. The first-order chi connectivity index (χ1) is 12.3. The van der Waals surface area contributed by atoms with Crippen molar-refractivity contribution in [3.63, 3.8) is 0 Å². The van der Waals surface area contributed by atoms with E-state index in [1.54, 1.807) is 0 Å². The van der Waals surface area contributed by atoms with Crippen LogP contribution in [-0.4, -0.2) is 55.1 Å². The van der Waals surface area contributed by atoms with E-state index in [0.717, 1.165) is 70.6 Å². The molecule has 3 heterocycles. The second-order valence-electron chi connectivity index (χ2n) is 7.12. The van der Waals surface area contributed by atoms with E-state index in [0.29, 0.717) is 0 Å². The molecular weight excluding hydrogens is 312 g/mol. The topological polar surface area (TPSA) is 32.8 Å². The largest absolute Gasteiger partial charge is 0.372 e. The summed E-state index contributed by atoms with van der Waals surface area (Å²) in [7, 11) is 0. The molecule has 132 valence electrons. The number of hydrogen-bond donors (Lipinski definition) is 0. The van der Waals surface area contributed by atoms with Crippen molar-refractivity contribution in [3.8, 4) is 0 Å². The van der Waals surface area contributed by atoms with Crippen LogP contribution in [0.3, 0.4) is 0 Å². The second-order valence-corrected chi connectivity index (χ2v) is 7.12. The minimum absolute atomic E-state index is 0.178. The molecule has 0 N–H and O–H groups in total. The molecule has 3 aliphatic heterocycles. The van der Waals surface area contributed by atoms with Gasteiger partial charge in [0.05, 0.1) is 13.2 Å². The Labute approximate surface area is 149 Å². The van der Waals surface area contributed by atoms with Crippen molar-refractivity contribution < 1.29 is 9.53 Å². The quantitative estimate of drug-likeness (QED) is 0.848. The van der Waals surface area contributed by atoms with Crippen molar-refractivity contribution in [2.45, 2.75) is 25.7 Å². The number of piperidine rings is 1. The summed E-state index contributed by atoms with van der Waals surface area (Å²) in [4.78, 5) is 16.8. The zero-order chi connectivity index (χ0) is 17.1. The molecule has 3 aliphatic rings. The maximum Gasteiger partial charge on any atom is 0.253 e. The third-order valence-electron chi connectivity index (χ3n) is 5.42. The predicted molar refractivity (Wildman–Crippen MR) is 99.3 cm³/mol. The van der Waals surface area contributed by atoms with E-state index in [1.165, 1.54) is 16.8 Å². The van der Waals surface area contributed by atoms with Crippen LogP contribution in [0, 0.1) is 0 Å².